The van der Waals surface area contributed by atoms with Gasteiger partial charge in [0.25, 0.3) is 0 Å². The molecule has 1 saturated carbocycles. The Morgan fingerprint density at radius 2 is 0.929 bits per heavy atom. The second-order valence-electron chi connectivity index (χ2n) is 4.41. The van der Waals surface area contributed by atoms with Gasteiger partial charge in [-0.25, -0.2) is 0 Å². The van der Waals surface area contributed by atoms with Crippen LogP contribution in [0.5, 0.6) is 0 Å². The summed E-state index contributed by atoms with van der Waals surface area (Å²) >= 11 is 4.62. The van der Waals surface area contributed by atoms with E-state index in [0.29, 0.717) is 5.25 Å². The first-order chi connectivity index (χ1) is 6.39. The normalized spacial score (nSPS) is 22.9. The van der Waals surface area contributed by atoms with Gasteiger partial charge in [-0.15, -0.1) is 0 Å². The third kappa shape index (κ3) is 8.27. The molecular weight excluding hydrogens is 183 g/mol. The summed E-state index contributed by atoms with van der Waals surface area (Å²) in [7, 11) is 0. The Morgan fingerprint density at radius 1 is 0.643 bits per heavy atom. The van der Waals surface area contributed by atoms with Crippen molar-refractivity contribution in [3.63, 3.8) is 0 Å². The predicted octanol–water partition coefficient (Wildman–Crippen LogP) is 1.71. The SMILES string of the molecule is SC1CCCCCCCCCCC1.[H-].[Li+]. The molecule has 1 fully saturated rings. The van der Waals surface area contributed by atoms with Crippen molar-refractivity contribution in [1.82, 2.24) is 0 Å². The predicted molar refractivity (Wildman–Crippen MR) is 64.7 cm³/mol. The number of thiol groups is 1. The second kappa shape index (κ2) is 10.5. The number of hydrogen-bond donors (Lipinski definition) is 1. The number of rotatable bonds is 0. The molecule has 0 amide bonds. The summed E-state index contributed by atoms with van der Waals surface area (Å²) in [4.78, 5) is 0. The van der Waals surface area contributed by atoms with Gasteiger partial charge in [-0.3, -0.25) is 0 Å². The molecule has 0 bridgehead atoms. The van der Waals surface area contributed by atoms with Gasteiger partial charge in [0.15, 0.2) is 0 Å². The fraction of sp³-hybridized carbons (Fsp3) is 1.00. The summed E-state index contributed by atoms with van der Waals surface area (Å²) in [6, 6.07) is 0. The first-order valence-electron chi connectivity index (χ1n) is 6.07. The topological polar surface area (TPSA) is 0 Å². The fourth-order valence-electron chi connectivity index (χ4n) is 2.14. The van der Waals surface area contributed by atoms with Gasteiger partial charge in [0.1, 0.15) is 0 Å². The summed E-state index contributed by atoms with van der Waals surface area (Å²) in [5.41, 5.74) is 0. The summed E-state index contributed by atoms with van der Waals surface area (Å²) in [5.74, 6) is 0. The van der Waals surface area contributed by atoms with Crippen LogP contribution in [0, 0.1) is 0 Å². The molecule has 80 valence electrons. The first-order valence-corrected chi connectivity index (χ1v) is 6.59. The Bertz CT molecular complexity index is 110. The zero-order valence-corrected chi connectivity index (χ0v) is 10.7. The third-order valence-corrected chi connectivity index (χ3v) is 3.59. The van der Waals surface area contributed by atoms with Crippen LogP contribution >= 0.6 is 12.6 Å². The van der Waals surface area contributed by atoms with E-state index in [4.69, 9.17) is 0 Å². The molecule has 0 N–H and O–H groups in total. The molecule has 0 aromatic rings. The van der Waals surface area contributed by atoms with E-state index in [-0.39, 0.29) is 20.3 Å². The molecule has 0 spiro atoms. The van der Waals surface area contributed by atoms with Crippen molar-refractivity contribution in [3.8, 4) is 0 Å². The van der Waals surface area contributed by atoms with E-state index in [1.807, 2.05) is 0 Å². The maximum absolute atomic E-state index is 4.62. The average Bonchev–Trinajstić information content (AvgIpc) is 2.11. The molecule has 1 rings (SSSR count). The zero-order chi connectivity index (χ0) is 9.36. The molecule has 0 aromatic carbocycles. The van der Waals surface area contributed by atoms with Crippen LogP contribution in [-0.2, 0) is 0 Å². The Kier molecular flexibility index (Phi) is 11.2. The molecule has 14 heavy (non-hydrogen) atoms. The molecule has 0 saturated heterocycles. The van der Waals surface area contributed by atoms with Crippen LogP contribution in [0.15, 0.2) is 0 Å². The van der Waals surface area contributed by atoms with Crippen LogP contribution < -0.4 is 18.9 Å². The van der Waals surface area contributed by atoms with Crippen LogP contribution in [0.2, 0.25) is 0 Å². The second-order valence-corrected chi connectivity index (χ2v) is 5.14. The Morgan fingerprint density at radius 3 is 1.29 bits per heavy atom. The fourth-order valence-corrected chi connectivity index (χ4v) is 2.51. The summed E-state index contributed by atoms with van der Waals surface area (Å²) < 4.78 is 0. The quantitative estimate of drug-likeness (QED) is 0.455. The monoisotopic (exact) mass is 208 g/mol. The van der Waals surface area contributed by atoms with Crippen LogP contribution in [0.3, 0.4) is 0 Å². The molecule has 1 aliphatic carbocycles. The van der Waals surface area contributed by atoms with E-state index in [0.717, 1.165) is 0 Å². The molecular formula is C12H25LiS. The minimum absolute atomic E-state index is 0. The van der Waals surface area contributed by atoms with Crippen molar-refractivity contribution in [2.24, 2.45) is 0 Å². The van der Waals surface area contributed by atoms with Gasteiger partial charge in [-0.05, 0) is 12.8 Å². The minimum Gasteiger partial charge on any atom is -1.00 e. The maximum Gasteiger partial charge on any atom is 1.00 e. The van der Waals surface area contributed by atoms with E-state index >= 15 is 0 Å². The van der Waals surface area contributed by atoms with Crippen molar-refractivity contribution >= 4 is 12.6 Å². The molecule has 0 atom stereocenters. The molecule has 1 aliphatic rings. The summed E-state index contributed by atoms with van der Waals surface area (Å²) in [6.07, 6.45) is 15.7. The van der Waals surface area contributed by atoms with Crippen molar-refractivity contribution in [1.29, 1.82) is 0 Å². The molecule has 0 aliphatic heterocycles. The van der Waals surface area contributed by atoms with Crippen LogP contribution in [-0.4, -0.2) is 5.25 Å². The van der Waals surface area contributed by atoms with Crippen LogP contribution in [0.1, 0.15) is 72.1 Å². The third-order valence-electron chi connectivity index (χ3n) is 3.07. The van der Waals surface area contributed by atoms with E-state index in [2.05, 4.69) is 12.6 Å². The maximum atomic E-state index is 4.62. The van der Waals surface area contributed by atoms with Gasteiger partial charge in [-0.1, -0.05) is 57.8 Å². The van der Waals surface area contributed by atoms with Crippen molar-refractivity contribution in [3.05, 3.63) is 0 Å². The largest absolute Gasteiger partial charge is 1.00 e. The van der Waals surface area contributed by atoms with Crippen LogP contribution in [0.4, 0.5) is 0 Å². The Hall–Kier alpha value is 0.947. The number of hydrogen-bond acceptors (Lipinski definition) is 1. The van der Waals surface area contributed by atoms with E-state index < -0.39 is 0 Å². The van der Waals surface area contributed by atoms with Gasteiger partial charge in [0.2, 0.25) is 0 Å². The van der Waals surface area contributed by atoms with Crippen molar-refractivity contribution < 1.29 is 20.3 Å². The molecule has 0 unspecified atom stereocenters. The van der Waals surface area contributed by atoms with Crippen molar-refractivity contribution in [2.75, 3.05) is 0 Å². The van der Waals surface area contributed by atoms with Gasteiger partial charge in [0, 0.05) is 5.25 Å². The average molecular weight is 208 g/mol. The van der Waals surface area contributed by atoms with Gasteiger partial charge >= 0.3 is 18.9 Å². The zero-order valence-electron chi connectivity index (χ0n) is 10.8. The van der Waals surface area contributed by atoms with E-state index in [1.165, 1.54) is 70.6 Å². The standard InChI is InChI=1S/C12H24S.Li.H/c13-12-10-8-6-4-2-1-3-5-7-9-11-12;;/h12-13H,1-11H2;;/q;+1;-1. The van der Waals surface area contributed by atoms with Gasteiger partial charge in [-0.2, -0.15) is 12.6 Å². The molecule has 0 aromatic heterocycles. The van der Waals surface area contributed by atoms with Crippen LogP contribution in [0.25, 0.3) is 0 Å². The summed E-state index contributed by atoms with van der Waals surface area (Å²) in [6.45, 7) is 0. The van der Waals surface area contributed by atoms with Gasteiger partial charge in [0.05, 0.1) is 0 Å². The van der Waals surface area contributed by atoms with Gasteiger partial charge < -0.3 is 1.43 Å². The van der Waals surface area contributed by atoms with E-state index in [1.54, 1.807) is 0 Å². The molecule has 0 heterocycles. The molecule has 0 radical (unpaired) electrons. The minimum atomic E-state index is 0. The van der Waals surface area contributed by atoms with E-state index in [9.17, 15) is 0 Å². The Labute approximate surface area is 109 Å². The smallest absolute Gasteiger partial charge is 1.00 e. The molecule has 0 nitrogen and oxygen atoms in total. The summed E-state index contributed by atoms with van der Waals surface area (Å²) in [5, 5.41) is 0.694. The Balaban J connectivity index is 0. The molecule has 2 heteroatoms. The first kappa shape index (κ1) is 14.9. The van der Waals surface area contributed by atoms with Crippen molar-refractivity contribution in [2.45, 2.75) is 75.9 Å².